The van der Waals surface area contributed by atoms with Gasteiger partial charge >= 0.3 is 0 Å². The lowest BCUT2D eigenvalue weighted by Crippen LogP contribution is -2.51. The van der Waals surface area contributed by atoms with Gasteiger partial charge in [0.2, 0.25) is 11.8 Å². The molecule has 1 aliphatic rings. The number of hydrogen-bond donors (Lipinski definition) is 1. The van der Waals surface area contributed by atoms with Gasteiger partial charge in [0.05, 0.1) is 6.54 Å². The number of nitrogens with zero attached hydrogens (tertiary/aromatic N) is 2. The molecule has 0 aliphatic carbocycles. The van der Waals surface area contributed by atoms with E-state index in [1.54, 1.807) is 0 Å². The molecule has 2 aromatic carbocycles. The van der Waals surface area contributed by atoms with E-state index in [1.807, 2.05) is 74.2 Å². The standard InChI is InChI=1S/C23H29N3O3/c1-17(2)23(28)26-13-11-25(12-14-26)16-22(27)24-19-7-9-20(10-8-19)29-21-6-4-5-18(3)15-21/h4-10,15,17H,11-14,16H2,1-3H3,(H,24,27). The summed E-state index contributed by atoms with van der Waals surface area (Å²) in [7, 11) is 0. The summed E-state index contributed by atoms with van der Waals surface area (Å²) in [5.41, 5.74) is 1.88. The van der Waals surface area contributed by atoms with Crippen LogP contribution in [0.1, 0.15) is 19.4 Å². The Morgan fingerprint density at radius 3 is 2.31 bits per heavy atom. The zero-order chi connectivity index (χ0) is 20.8. The first-order chi connectivity index (χ1) is 13.9. The summed E-state index contributed by atoms with van der Waals surface area (Å²) in [6.07, 6.45) is 0. The van der Waals surface area contributed by atoms with Crippen molar-refractivity contribution in [3.63, 3.8) is 0 Å². The molecule has 1 saturated heterocycles. The second kappa shape index (κ2) is 9.56. The van der Waals surface area contributed by atoms with Crippen LogP contribution < -0.4 is 10.1 Å². The van der Waals surface area contributed by atoms with Crippen LogP contribution in [-0.2, 0) is 9.59 Å². The van der Waals surface area contributed by atoms with Gasteiger partial charge in [-0.15, -0.1) is 0 Å². The largest absolute Gasteiger partial charge is 0.457 e. The SMILES string of the molecule is Cc1cccc(Oc2ccc(NC(=O)CN3CCN(C(=O)C(C)C)CC3)cc2)c1. The van der Waals surface area contributed by atoms with Crippen molar-refractivity contribution in [3.05, 3.63) is 54.1 Å². The number of benzene rings is 2. The van der Waals surface area contributed by atoms with Crippen molar-refractivity contribution in [2.75, 3.05) is 38.0 Å². The van der Waals surface area contributed by atoms with Crippen LogP contribution >= 0.6 is 0 Å². The molecule has 0 atom stereocenters. The summed E-state index contributed by atoms with van der Waals surface area (Å²) in [6.45, 7) is 8.96. The number of ether oxygens (including phenoxy) is 1. The van der Waals surface area contributed by atoms with Crippen LogP contribution in [0, 0.1) is 12.8 Å². The fourth-order valence-electron chi connectivity index (χ4n) is 3.32. The minimum Gasteiger partial charge on any atom is -0.457 e. The van der Waals surface area contributed by atoms with Crippen LogP contribution in [0.25, 0.3) is 0 Å². The van der Waals surface area contributed by atoms with Gasteiger partial charge in [-0.3, -0.25) is 14.5 Å². The van der Waals surface area contributed by atoms with Crippen LogP contribution in [0.5, 0.6) is 11.5 Å². The second-order valence-corrected chi connectivity index (χ2v) is 7.75. The van der Waals surface area contributed by atoms with E-state index in [2.05, 4.69) is 10.2 Å². The van der Waals surface area contributed by atoms with E-state index in [0.29, 0.717) is 19.6 Å². The number of carbonyl (C=O) groups excluding carboxylic acids is 2. The summed E-state index contributed by atoms with van der Waals surface area (Å²) in [4.78, 5) is 28.4. The highest BCUT2D eigenvalue weighted by atomic mass is 16.5. The number of amides is 2. The molecule has 1 aliphatic heterocycles. The third kappa shape index (κ3) is 6.06. The molecule has 154 valence electrons. The third-order valence-electron chi connectivity index (χ3n) is 4.91. The molecule has 6 nitrogen and oxygen atoms in total. The van der Waals surface area contributed by atoms with Gasteiger partial charge < -0.3 is 15.0 Å². The lowest BCUT2D eigenvalue weighted by atomic mass is 10.1. The van der Waals surface area contributed by atoms with Crippen LogP contribution in [0.15, 0.2) is 48.5 Å². The van der Waals surface area contributed by atoms with Crippen molar-refractivity contribution in [1.29, 1.82) is 0 Å². The molecule has 6 heteroatoms. The Morgan fingerprint density at radius 1 is 1.00 bits per heavy atom. The maximum Gasteiger partial charge on any atom is 0.238 e. The highest BCUT2D eigenvalue weighted by molar-refractivity contribution is 5.92. The molecule has 2 amide bonds. The van der Waals surface area contributed by atoms with E-state index in [4.69, 9.17) is 4.74 Å². The molecule has 0 aromatic heterocycles. The van der Waals surface area contributed by atoms with Crippen LogP contribution in [0.4, 0.5) is 5.69 Å². The second-order valence-electron chi connectivity index (χ2n) is 7.75. The molecule has 1 N–H and O–H groups in total. The van der Waals surface area contributed by atoms with Gasteiger partial charge in [0.25, 0.3) is 0 Å². The Kier molecular flexibility index (Phi) is 6.88. The quantitative estimate of drug-likeness (QED) is 0.813. The van der Waals surface area contributed by atoms with Gasteiger partial charge in [-0.05, 0) is 48.9 Å². The van der Waals surface area contributed by atoms with Gasteiger partial charge in [0.1, 0.15) is 11.5 Å². The van der Waals surface area contributed by atoms with E-state index < -0.39 is 0 Å². The van der Waals surface area contributed by atoms with Gasteiger partial charge in [-0.1, -0.05) is 26.0 Å². The number of rotatable bonds is 6. The van der Waals surface area contributed by atoms with Crippen molar-refractivity contribution in [3.8, 4) is 11.5 Å². The van der Waals surface area contributed by atoms with E-state index in [9.17, 15) is 9.59 Å². The molecular weight excluding hydrogens is 366 g/mol. The normalized spacial score (nSPS) is 14.7. The summed E-state index contributed by atoms with van der Waals surface area (Å²) in [5.74, 6) is 1.65. The predicted octanol–water partition coefficient (Wildman–Crippen LogP) is 3.53. The van der Waals surface area contributed by atoms with Crippen molar-refractivity contribution >= 4 is 17.5 Å². The molecule has 3 rings (SSSR count). The first-order valence-corrected chi connectivity index (χ1v) is 10.1. The smallest absolute Gasteiger partial charge is 0.238 e. The monoisotopic (exact) mass is 395 g/mol. The van der Waals surface area contributed by atoms with E-state index in [0.717, 1.165) is 35.8 Å². The average Bonchev–Trinajstić information content (AvgIpc) is 2.69. The molecule has 2 aromatic rings. The number of nitrogens with one attached hydrogen (secondary N) is 1. The summed E-state index contributed by atoms with van der Waals surface area (Å²) >= 11 is 0. The topological polar surface area (TPSA) is 61.9 Å². The third-order valence-corrected chi connectivity index (χ3v) is 4.91. The maximum atomic E-state index is 12.4. The molecule has 0 saturated carbocycles. The van der Waals surface area contributed by atoms with Crippen LogP contribution in [0.2, 0.25) is 0 Å². The summed E-state index contributed by atoms with van der Waals surface area (Å²) in [5, 5.41) is 2.92. The van der Waals surface area contributed by atoms with Crippen LogP contribution in [0.3, 0.4) is 0 Å². The lowest BCUT2D eigenvalue weighted by molar-refractivity contribution is -0.136. The van der Waals surface area contributed by atoms with Crippen molar-refractivity contribution in [1.82, 2.24) is 9.80 Å². The lowest BCUT2D eigenvalue weighted by Gasteiger charge is -2.35. The van der Waals surface area contributed by atoms with E-state index >= 15 is 0 Å². The van der Waals surface area contributed by atoms with Crippen molar-refractivity contribution in [2.45, 2.75) is 20.8 Å². The minimum atomic E-state index is -0.0546. The first-order valence-electron chi connectivity index (χ1n) is 10.1. The molecule has 0 spiro atoms. The fourth-order valence-corrected chi connectivity index (χ4v) is 3.32. The van der Waals surface area contributed by atoms with Crippen molar-refractivity contribution in [2.24, 2.45) is 5.92 Å². The Balaban J connectivity index is 1.46. The number of piperazine rings is 1. The molecule has 1 heterocycles. The van der Waals surface area contributed by atoms with E-state index in [-0.39, 0.29) is 17.7 Å². The summed E-state index contributed by atoms with van der Waals surface area (Å²) in [6, 6.07) is 15.2. The Morgan fingerprint density at radius 2 is 1.69 bits per heavy atom. The zero-order valence-electron chi connectivity index (χ0n) is 17.4. The first kappa shape index (κ1) is 20.9. The Hall–Kier alpha value is -2.86. The molecule has 29 heavy (non-hydrogen) atoms. The molecular formula is C23H29N3O3. The number of hydrogen-bond acceptors (Lipinski definition) is 4. The van der Waals surface area contributed by atoms with E-state index in [1.165, 1.54) is 0 Å². The molecule has 1 fully saturated rings. The van der Waals surface area contributed by atoms with Gasteiger partial charge in [-0.25, -0.2) is 0 Å². The molecule has 0 bridgehead atoms. The molecule has 0 radical (unpaired) electrons. The van der Waals surface area contributed by atoms with Gasteiger partial charge in [-0.2, -0.15) is 0 Å². The Labute approximate surface area is 172 Å². The van der Waals surface area contributed by atoms with Crippen molar-refractivity contribution < 1.29 is 14.3 Å². The maximum absolute atomic E-state index is 12.4. The fraction of sp³-hybridized carbons (Fsp3) is 0.391. The zero-order valence-corrected chi connectivity index (χ0v) is 17.4. The van der Waals surface area contributed by atoms with Gasteiger partial charge in [0.15, 0.2) is 0 Å². The molecule has 0 unspecified atom stereocenters. The summed E-state index contributed by atoms with van der Waals surface area (Å²) < 4.78 is 5.83. The number of anilines is 1. The Bertz CT molecular complexity index is 841. The van der Waals surface area contributed by atoms with Crippen LogP contribution in [-0.4, -0.2) is 54.3 Å². The minimum absolute atomic E-state index is 0.0164. The highest BCUT2D eigenvalue weighted by Gasteiger charge is 2.23. The number of aryl methyl sites for hydroxylation is 1. The number of carbonyl (C=O) groups is 2. The highest BCUT2D eigenvalue weighted by Crippen LogP contribution is 2.23. The van der Waals surface area contributed by atoms with Gasteiger partial charge in [0, 0.05) is 37.8 Å². The average molecular weight is 396 g/mol. The predicted molar refractivity (Wildman–Crippen MR) is 114 cm³/mol.